The number of nitrogens with one attached hydrogen (secondary N) is 1. The van der Waals surface area contributed by atoms with Crippen molar-refractivity contribution in [3.05, 3.63) is 54.0 Å². The second-order valence-electron chi connectivity index (χ2n) is 6.99. The number of ether oxygens (including phenoxy) is 1. The van der Waals surface area contributed by atoms with E-state index >= 15 is 0 Å². The van der Waals surface area contributed by atoms with Crippen molar-refractivity contribution in [1.82, 2.24) is 10.2 Å². The number of carbonyl (C=O) groups excluding carboxylic acids is 2. The standard InChI is InChI=1S/C20H22N2O4/c1-25-16-5-2-4-14(10-16)20(11-15-7-8-18(23)22(15)13-20)19(24)21-12-17-6-3-9-26-17/h2-6,9-10,15H,7-8,11-13H2,1H3,(H,21,24)/t15-,20-/m0/s1. The van der Waals surface area contributed by atoms with Crippen molar-refractivity contribution in [2.45, 2.75) is 37.3 Å². The lowest BCUT2D eigenvalue weighted by molar-refractivity contribution is -0.129. The normalized spacial score (nSPS) is 24.6. The number of rotatable bonds is 5. The largest absolute Gasteiger partial charge is 0.497 e. The number of benzene rings is 1. The van der Waals surface area contributed by atoms with E-state index in [1.165, 1.54) is 0 Å². The average Bonchev–Trinajstić information content (AvgIpc) is 3.38. The van der Waals surface area contributed by atoms with Crippen LogP contribution in [0.25, 0.3) is 0 Å². The molecule has 2 atom stereocenters. The van der Waals surface area contributed by atoms with Crippen molar-refractivity contribution < 1.29 is 18.7 Å². The Labute approximate surface area is 152 Å². The molecular formula is C20H22N2O4. The van der Waals surface area contributed by atoms with Gasteiger partial charge in [-0.15, -0.1) is 0 Å². The summed E-state index contributed by atoms with van der Waals surface area (Å²) < 4.78 is 10.7. The molecule has 2 amide bonds. The van der Waals surface area contributed by atoms with E-state index in [2.05, 4.69) is 5.32 Å². The molecule has 2 saturated heterocycles. The molecule has 4 rings (SSSR count). The van der Waals surface area contributed by atoms with Crippen LogP contribution in [0.15, 0.2) is 47.1 Å². The van der Waals surface area contributed by atoms with Crippen LogP contribution in [0.5, 0.6) is 5.75 Å². The summed E-state index contributed by atoms with van der Waals surface area (Å²) >= 11 is 0. The van der Waals surface area contributed by atoms with Crippen LogP contribution in [0.1, 0.15) is 30.6 Å². The zero-order valence-electron chi connectivity index (χ0n) is 14.7. The maximum atomic E-state index is 13.3. The first kappa shape index (κ1) is 16.7. The third kappa shape index (κ3) is 2.75. The number of hydrogen-bond acceptors (Lipinski definition) is 4. The number of fused-ring (bicyclic) bond motifs is 1. The van der Waals surface area contributed by atoms with E-state index in [-0.39, 0.29) is 17.9 Å². The Kier molecular flexibility index (Phi) is 4.18. The van der Waals surface area contributed by atoms with Gasteiger partial charge in [-0.05, 0) is 42.7 Å². The monoisotopic (exact) mass is 354 g/mol. The van der Waals surface area contributed by atoms with Crippen molar-refractivity contribution in [1.29, 1.82) is 0 Å². The van der Waals surface area contributed by atoms with Crippen LogP contribution in [-0.4, -0.2) is 36.4 Å². The van der Waals surface area contributed by atoms with E-state index in [0.717, 1.165) is 12.0 Å². The molecule has 6 nitrogen and oxygen atoms in total. The van der Waals surface area contributed by atoms with Gasteiger partial charge in [0.1, 0.15) is 11.5 Å². The Bertz CT molecular complexity index is 817. The SMILES string of the molecule is COc1cccc([C@]2(C(=O)NCc3ccco3)C[C@@H]3CCC(=O)N3C2)c1. The van der Waals surface area contributed by atoms with Gasteiger partial charge in [-0.25, -0.2) is 0 Å². The lowest BCUT2D eigenvalue weighted by Crippen LogP contribution is -2.46. The zero-order chi connectivity index (χ0) is 18.1. The first-order valence-electron chi connectivity index (χ1n) is 8.87. The van der Waals surface area contributed by atoms with Gasteiger partial charge in [0.15, 0.2) is 0 Å². The number of furan rings is 1. The molecule has 1 aromatic heterocycles. The first-order chi connectivity index (χ1) is 12.6. The highest BCUT2D eigenvalue weighted by Gasteiger charge is 2.53. The number of hydrogen-bond donors (Lipinski definition) is 1. The lowest BCUT2D eigenvalue weighted by Gasteiger charge is -2.29. The number of nitrogens with zero attached hydrogens (tertiary/aromatic N) is 1. The second-order valence-corrected chi connectivity index (χ2v) is 6.99. The molecule has 26 heavy (non-hydrogen) atoms. The fraction of sp³-hybridized carbons (Fsp3) is 0.400. The van der Waals surface area contributed by atoms with Gasteiger partial charge in [0, 0.05) is 19.0 Å². The molecule has 1 N–H and O–H groups in total. The summed E-state index contributed by atoms with van der Waals surface area (Å²) in [7, 11) is 1.61. The molecule has 3 heterocycles. The average molecular weight is 354 g/mol. The van der Waals surface area contributed by atoms with Gasteiger partial charge in [-0.1, -0.05) is 12.1 Å². The maximum Gasteiger partial charge on any atom is 0.232 e. The summed E-state index contributed by atoms with van der Waals surface area (Å²) in [6, 6.07) is 11.3. The molecule has 2 aliphatic heterocycles. The van der Waals surface area contributed by atoms with Gasteiger partial charge in [0.25, 0.3) is 0 Å². The summed E-state index contributed by atoms with van der Waals surface area (Å²) in [5, 5.41) is 3.00. The van der Waals surface area contributed by atoms with E-state index in [4.69, 9.17) is 9.15 Å². The third-order valence-electron chi connectivity index (χ3n) is 5.54. The quantitative estimate of drug-likeness (QED) is 0.894. The van der Waals surface area contributed by atoms with Gasteiger partial charge in [0.05, 0.1) is 25.3 Å². The minimum atomic E-state index is -0.762. The molecule has 0 unspecified atom stereocenters. The second kappa shape index (κ2) is 6.52. The van der Waals surface area contributed by atoms with Crippen LogP contribution < -0.4 is 10.1 Å². The van der Waals surface area contributed by atoms with Crippen molar-refractivity contribution in [3.8, 4) is 5.75 Å². The molecule has 0 radical (unpaired) electrons. The summed E-state index contributed by atoms with van der Waals surface area (Å²) in [5.41, 5.74) is 0.123. The van der Waals surface area contributed by atoms with Gasteiger partial charge in [-0.3, -0.25) is 9.59 Å². The maximum absolute atomic E-state index is 13.3. The molecule has 136 valence electrons. The first-order valence-corrected chi connectivity index (χ1v) is 8.87. The van der Waals surface area contributed by atoms with E-state index in [0.29, 0.717) is 37.4 Å². The molecule has 0 spiro atoms. The van der Waals surface area contributed by atoms with Crippen molar-refractivity contribution in [2.75, 3.05) is 13.7 Å². The van der Waals surface area contributed by atoms with Crippen LogP contribution in [-0.2, 0) is 21.5 Å². The van der Waals surface area contributed by atoms with Crippen molar-refractivity contribution in [2.24, 2.45) is 0 Å². The molecule has 1 aromatic carbocycles. The molecule has 6 heteroatoms. The van der Waals surface area contributed by atoms with E-state index < -0.39 is 5.41 Å². The van der Waals surface area contributed by atoms with Gasteiger partial charge >= 0.3 is 0 Å². The van der Waals surface area contributed by atoms with Crippen molar-refractivity contribution >= 4 is 11.8 Å². The summed E-state index contributed by atoms with van der Waals surface area (Å²) in [5.74, 6) is 1.47. The molecular weight excluding hydrogens is 332 g/mol. The highest BCUT2D eigenvalue weighted by Crippen LogP contribution is 2.43. The molecule has 0 bridgehead atoms. The topological polar surface area (TPSA) is 71.8 Å². The predicted octanol–water partition coefficient (Wildman–Crippen LogP) is 2.24. The lowest BCUT2D eigenvalue weighted by atomic mass is 9.76. The highest BCUT2D eigenvalue weighted by atomic mass is 16.5. The molecule has 2 aliphatic rings. The zero-order valence-corrected chi connectivity index (χ0v) is 14.7. The predicted molar refractivity (Wildman–Crippen MR) is 94.6 cm³/mol. The molecule has 2 fully saturated rings. The molecule has 2 aromatic rings. The minimum absolute atomic E-state index is 0.0793. The Morgan fingerprint density at radius 3 is 3.00 bits per heavy atom. The fourth-order valence-corrected chi connectivity index (χ4v) is 4.16. The Hall–Kier alpha value is -2.76. The van der Waals surface area contributed by atoms with E-state index in [9.17, 15) is 9.59 Å². The van der Waals surface area contributed by atoms with Crippen LogP contribution in [0.2, 0.25) is 0 Å². The third-order valence-corrected chi connectivity index (χ3v) is 5.54. The smallest absolute Gasteiger partial charge is 0.232 e. The summed E-state index contributed by atoms with van der Waals surface area (Å²) in [6.07, 6.45) is 3.61. The number of carbonyl (C=O) groups is 2. The van der Waals surface area contributed by atoms with Crippen LogP contribution in [0.4, 0.5) is 0 Å². The van der Waals surface area contributed by atoms with E-state index in [1.54, 1.807) is 19.4 Å². The van der Waals surface area contributed by atoms with Crippen LogP contribution >= 0.6 is 0 Å². The Morgan fingerprint density at radius 2 is 2.27 bits per heavy atom. The number of amides is 2. The summed E-state index contributed by atoms with van der Waals surface area (Å²) in [4.78, 5) is 27.4. The van der Waals surface area contributed by atoms with Gasteiger partial charge < -0.3 is 19.4 Å². The molecule has 0 aliphatic carbocycles. The highest BCUT2D eigenvalue weighted by molar-refractivity contribution is 5.91. The van der Waals surface area contributed by atoms with Crippen molar-refractivity contribution in [3.63, 3.8) is 0 Å². The Morgan fingerprint density at radius 1 is 1.38 bits per heavy atom. The fourth-order valence-electron chi connectivity index (χ4n) is 4.16. The van der Waals surface area contributed by atoms with Crippen LogP contribution in [0.3, 0.4) is 0 Å². The summed E-state index contributed by atoms with van der Waals surface area (Å²) in [6.45, 7) is 0.740. The van der Waals surface area contributed by atoms with E-state index in [1.807, 2.05) is 35.2 Å². The number of methoxy groups -OCH3 is 1. The van der Waals surface area contributed by atoms with Crippen LogP contribution in [0, 0.1) is 0 Å². The minimum Gasteiger partial charge on any atom is -0.497 e. The van der Waals surface area contributed by atoms with Gasteiger partial charge in [-0.2, -0.15) is 0 Å². The van der Waals surface area contributed by atoms with Gasteiger partial charge in [0.2, 0.25) is 11.8 Å². The molecule has 0 saturated carbocycles. The Balaban J connectivity index is 1.65.